The Labute approximate surface area is 189 Å². The number of benzene rings is 2. The minimum Gasteiger partial charge on any atom is -0.481 e. The maximum absolute atomic E-state index is 11.2. The third-order valence-corrected chi connectivity index (χ3v) is 6.91. The Morgan fingerprint density at radius 2 is 1.94 bits per heavy atom. The van der Waals surface area contributed by atoms with Gasteiger partial charge >= 0.3 is 5.97 Å². The van der Waals surface area contributed by atoms with Crippen LogP contribution in [0.3, 0.4) is 0 Å². The summed E-state index contributed by atoms with van der Waals surface area (Å²) >= 11 is 6.04. The van der Waals surface area contributed by atoms with Crippen molar-refractivity contribution in [3.63, 3.8) is 0 Å². The monoisotopic (exact) mass is 442 g/mol. The van der Waals surface area contributed by atoms with E-state index in [2.05, 4.69) is 28.4 Å². The molecular weight excluding hydrogens is 412 g/mol. The molecule has 2 aromatic carbocycles. The minimum atomic E-state index is -0.660. The molecule has 0 unspecified atom stereocenters. The van der Waals surface area contributed by atoms with Crippen molar-refractivity contribution < 1.29 is 15.0 Å². The number of aliphatic hydroxyl groups is 1. The number of carbonyl (C=O) groups is 1. The first kappa shape index (κ1) is 22.3. The van der Waals surface area contributed by atoms with Gasteiger partial charge < -0.3 is 15.5 Å². The van der Waals surface area contributed by atoms with E-state index in [1.54, 1.807) is 0 Å². The predicted molar refractivity (Wildman–Crippen MR) is 122 cm³/mol. The van der Waals surface area contributed by atoms with Crippen LogP contribution in [0.15, 0.2) is 42.5 Å². The van der Waals surface area contributed by atoms with E-state index < -0.39 is 12.1 Å². The van der Waals surface area contributed by atoms with Gasteiger partial charge in [-0.2, -0.15) is 0 Å². The van der Waals surface area contributed by atoms with Crippen molar-refractivity contribution in [3.05, 3.63) is 69.7 Å². The number of piperidine rings is 1. The van der Waals surface area contributed by atoms with Gasteiger partial charge in [0.05, 0.1) is 12.0 Å². The fourth-order valence-corrected chi connectivity index (χ4v) is 4.99. The SMILES string of the molecule is O=C(O)C1CCN(Cc2ccc3c(c2)C[C@@H](NC[C@@H](O)c2cccc(Cl)c2)CC3)CC1. The summed E-state index contributed by atoms with van der Waals surface area (Å²) in [5.74, 6) is -0.846. The highest BCUT2D eigenvalue weighted by molar-refractivity contribution is 6.30. The molecule has 4 rings (SSSR count). The van der Waals surface area contributed by atoms with E-state index in [0.29, 0.717) is 17.6 Å². The highest BCUT2D eigenvalue weighted by atomic mass is 35.5. The van der Waals surface area contributed by atoms with Gasteiger partial charge in [0, 0.05) is 24.2 Å². The lowest BCUT2D eigenvalue weighted by molar-refractivity contribution is -0.143. The average molecular weight is 443 g/mol. The Kier molecular flexibility index (Phi) is 7.28. The Balaban J connectivity index is 1.31. The summed E-state index contributed by atoms with van der Waals surface area (Å²) in [4.78, 5) is 13.5. The van der Waals surface area contributed by atoms with Crippen LogP contribution in [0.25, 0.3) is 0 Å². The molecule has 31 heavy (non-hydrogen) atoms. The molecular formula is C25H31ClN2O3. The predicted octanol–water partition coefficient (Wildman–Crippen LogP) is 3.82. The number of nitrogens with one attached hydrogen (secondary N) is 1. The van der Waals surface area contributed by atoms with E-state index in [1.165, 1.54) is 16.7 Å². The molecule has 3 N–H and O–H groups in total. The van der Waals surface area contributed by atoms with Gasteiger partial charge in [-0.1, -0.05) is 41.9 Å². The fourth-order valence-electron chi connectivity index (χ4n) is 4.79. The lowest BCUT2D eigenvalue weighted by atomic mass is 9.87. The Bertz CT molecular complexity index is 911. The number of aryl methyl sites for hydroxylation is 1. The standard InChI is InChI=1S/C25H31ClN2O3/c26-22-3-1-2-20(13-22)24(29)15-27-23-7-6-18-5-4-17(12-21(18)14-23)16-28-10-8-19(9-11-28)25(30)31/h1-5,12-13,19,23-24,27,29H,6-11,14-16H2,(H,30,31)/t23-,24+/m0/s1. The number of carboxylic acid groups (broad SMARTS) is 1. The zero-order valence-corrected chi connectivity index (χ0v) is 18.5. The number of halogens is 1. The average Bonchev–Trinajstić information content (AvgIpc) is 2.77. The van der Waals surface area contributed by atoms with Crippen molar-refractivity contribution in [1.82, 2.24) is 10.2 Å². The summed E-state index contributed by atoms with van der Waals surface area (Å²) in [6.45, 7) is 3.09. The van der Waals surface area contributed by atoms with Crippen LogP contribution in [0, 0.1) is 5.92 Å². The third kappa shape index (κ3) is 5.86. The van der Waals surface area contributed by atoms with Crippen LogP contribution in [-0.2, 0) is 24.2 Å². The van der Waals surface area contributed by atoms with Gasteiger partial charge in [0.25, 0.3) is 0 Å². The number of hydrogen-bond acceptors (Lipinski definition) is 4. The molecule has 0 aromatic heterocycles. The van der Waals surface area contributed by atoms with Gasteiger partial charge in [-0.15, -0.1) is 0 Å². The minimum absolute atomic E-state index is 0.186. The molecule has 0 bridgehead atoms. The molecule has 0 saturated carbocycles. The van der Waals surface area contributed by atoms with Crippen molar-refractivity contribution in [1.29, 1.82) is 0 Å². The maximum atomic E-state index is 11.2. The van der Waals surface area contributed by atoms with Gasteiger partial charge in [-0.25, -0.2) is 0 Å². The van der Waals surface area contributed by atoms with E-state index in [-0.39, 0.29) is 5.92 Å². The highest BCUT2D eigenvalue weighted by Gasteiger charge is 2.25. The molecule has 0 amide bonds. The number of aliphatic hydroxyl groups excluding tert-OH is 1. The molecule has 5 nitrogen and oxygen atoms in total. The summed E-state index contributed by atoms with van der Waals surface area (Å²) in [6, 6.07) is 14.5. The fraction of sp³-hybridized carbons (Fsp3) is 0.480. The normalized spacial score (nSPS) is 20.9. The van der Waals surface area contributed by atoms with Crippen LogP contribution >= 0.6 is 11.6 Å². The lowest BCUT2D eigenvalue weighted by Crippen LogP contribution is -2.37. The molecule has 6 heteroatoms. The first-order chi connectivity index (χ1) is 15.0. The van der Waals surface area contributed by atoms with Crippen molar-refractivity contribution in [3.8, 4) is 0 Å². The Hall–Kier alpha value is -1.92. The van der Waals surface area contributed by atoms with Gasteiger partial charge in [0.15, 0.2) is 0 Å². The van der Waals surface area contributed by atoms with Crippen LogP contribution in [0.1, 0.15) is 47.6 Å². The molecule has 166 valence electrons. The molecule has 0 radical (unpaired) electrons. The highest BCUT2D eigenvalue weighted by Crippen LogP contribution is 2.25. The van der Waals surface area contributed by atoms with Crippen molar-refractivity contribution in [2.75, 3.05) is 19.6 Å². The molecule has 2 atom stereocenters. The number of likely N-dealkylation sites (tertiary alicyclic amines) is 1. The largest absolute Gasteiger partial charge is 0.481 e. The summed E-state index contributed by atoms with van der Waals surface area (Å²) in [5.41, 5.74) is 4.94. The maximum Gasteiger partial charge on any atom is 0.306 e. The van der Waals surface area contributed by atoms with E-state index >= 15 is 0 Å². The van der Waals surface area contributed by atoms with Crippen molar-refractivity contribution in [2.45, 2.75) is 50.8 Å². The first-order valence-corrected chi connectivity index (χ1v) is 11.6. The Morgan fingerprint density at radius 1 is 1.13 bits per heavy atom. The summed E-state index contributed by atoms with van der Waals surface area (Å²) < 4.78 is 0. The molecule has 1 aliphatic heterocycles. The van der Waals surface area contributed by atoms with Gasteiger partial charge in [-0.3, -0.25) is 9.69 Å². The second kappa shape index (κ2) is 10.1. The van der Waals surface area contributed by atoms with E-state index in [1.807, 2.05) is 24.3 Å². The van der Waals surface area contributed by atoms with Crippen LogP contribution < -0.4 is 5.32 Å². The smallest absolute Gasteiger partial charge is 0.306 e. The van der Waals surface area contributed by atoms with Crippen LogP contribution in [0.2, 0.25) is 5.02 Å². The topological polar surface area (TPSA) is 72.8 Å². The molecule has 1 fully saturated rings. The molecule has 2 aliphatic rings. The molecule has 2 aromatic rings. The summed E-state index contributed by atoms with van der Waals surface area (Å²) in [5, 5.41) is 23.8. The molecule has 1 heterocycles. The number of rotatable bonds is 7. The number of aliphatic carboxylic acids is 1. The van der Waals surface area contributed by atoms with E-state index in [4.69, 9.17) is 11.6 Å². The summed E-state index contributed by atoms with van der Waals surface area (Å²) in [7, 11) is 0. The molecule has 1 aliphatic carbocycles. The first-order valence-electron chi connectivity index (χ1n) is 11.2. The summed E-state index contributed by atoms with van der Waals surface area (Å²) in [6.07, 6.45) is 3.98. The van der Waals surface area contributed by atoms with Crippen LogP contribution in [0.4, 0.5) is 0 Å². The van der Waals surface area contributed by atoms with Crippen LogP contribution in [-0.4, -0.2) is 46.8 Å². The Morgan fingerprint density at radius 3 is 2.68 bits per heavy atom. The van der Waals surface area contributed by atoms with E-state index in [0.717, 1.165) is 57.3 Å². The van der Waals surface area contributed by atoms with Gasteiger partial charge in [0.2, 0.25) is 0 Å². The zero-order valence-electron chi connectivity index (χ0n) is 17.8. The molecule has 0 spiro atoms. The van der Waals surface area contributed by atoms with Crippen LogP contribution in [0.5, 0.6) is 0 Å². The number of nitrogens with zero attached hydrogens (tertiary/aromatic N) is 1. The molecule has 1 saturated heterocycles. The zero-order chi connectivity index (χ0) is 21.8. The number of fused-ring (bicyclic) bond motifs is 1. The van der Waals surface area contributed by atoms with Crippen molar-refractivity contribution >= 4 is 17.6 Å². The third-order valence-electron chi connectivity index (χ3n) is 6.68. The van der Waals surface area contributed by atoms with E-state index in [9.17, 15) is 15.0 Å². The quantitative estimate of drug-likeness (QED) is 0.608. The number of carboxylic acids is 1. The second-order valence-corrected chi connectivity index (χ2v) is 9.35. The second-order valence-electron chi connectivity index (χ2n) is 8.91. The van der Waals surface area contributed by atoms with Crippen molar-refractivity contribution in [2.24, 2.45) is 5.92 Å². The number of hydrogen-bond donors (Lipinski definition) is 3. The van der Waals surface area contributed by atoms with Gasteiger partial charge in [-0.05, 0) is 79.6 Å². The lowest BCUT2D eigenvalue weighted by Gasteiger charge is -2.31. The van der Waals surface area contributed by atoms with Gasteiger partial charge in [0.1, 0.15) is 0 Å².